The highest BCUT2D eigenvalue weighted by Crippen LogP contribution is 2.30. The van der Waals surface area contributed by atoms with E-state index < -0.39 is 0 Å². The molecule has 0 fully saturated rings. The topological polar surface area (TPSA) is 30.2 Å². The lowest BCUT2D eigenvalue weighted by atomic mass is 9.98. The standard InChI is InChI=1S/C20H14O2/c1-13-16-12-11-14-7-5-6-10-17(14)19(16)22-20(21)18(13)15-8-3-2-4-9-15/h2-12H,1H3. The Kier molecular flexibility index (Phi) is 2.83. The Labute approximate surface area is 127 Å². The van der Waals surface area contributed by atoms with Crippen LogP contribution in [0, 0.1) is 6.92 Å². The van der Waals surface area contributed by atoms with Gasteiger partial charge in [0.05, 0.1) is 5.56 Å². The van der Waals surface area contributed by atoms with E-state index in [1.165, 1.54) is 0 Å². The summed E-state index contributed by atoms with van der Waals surface area (Å²) >= 11 is 0. The molecule has 2 nitrogen and oxygen atoms in total. The second-order valence-corrected chi connectivity index (χ2v) is 5.42. The van der Waals surface area contributed by atoms with Gasteiger partial charge in [0, 0.05) is 10.8 Å². The average Bonchev–Trinajstić information content (AvgIpc) is 2.56. The zero-order chi connectivity index (χ0) is 15.1. The number of benzene rings is 3. The SMILES string of the molecule is Cc1c(-c2ccccc2)c(=O)oc2c1ccc1ccccc12. The molecular formula is C20H14O2. The predicted octanol–water partition coefficient (Wildman–Crippen LogP) is 4.92. The highest BCUT2D eigenvalue weighted by Gasteiger charge is 2.14. The third-order valence-electron chi connectivity index (χ3n) is 4.12. The van der Waals surface area contributed by atoms with Crippen molar-refractivity contribution in [1.82, 2.24) is 0 Å². The second kappa shape index (κ2) is 4.85. The Balaban J connectivity index is 2.15. The lowest BCUT2D eigenvalue weighted by Gasteiger charge is -2.09. The molecule has 0 spiro atoms. The summed E-state index contributed by atoms with van der Waals surface area (Å²) in [7, 11) is 0. The quantitative estimate of drug-likeness (QED) is 0.367. The molecule has 4 rings (SSSR count). The molecule has 3 aromatic carbocycles. The first-order valence-electron chi connectivity index (χ1n) is 7.26. The van der Waals surface area contributed by atoms with Crippen LogP contribution in [0.4, 0.5) is 0 Å². The summed E-state index contributed by atoms with van der Waals surface area (Å²) in [6, 6.07) is 21.7. The van der Waals surface area contributed by atoms with E-state index in [9.17, 15) is 4.79 Å². The monoisotopic (exact) mass is 286 g/mol. The van der Waals surface area contributed by atoms with Gasteiger partial charge in [-0.15, -0.1) is 0 Å². The van der Waals surface area contributed by atoms with Crippen molar-refractivity contribution in [3.8, 4) is 11.1 Å². The molecule has 22 heavy (non-hydrogen) atoms. The van der Waals surface area contributed by atoms with Gasteiger partial charge < -0.3 is 4.42 Å². The fraction of sp³-hybridized carbons (Fsp3) is 0.0500. The summed E-state index contributed by atoms with van der Waals surface area (Å²) in [5, 5.41) is 3.03. The van der Waals surface area contributed by atoms with E-state index >= 15 is 0 Å². The van der Waals surface area contributed by atoms with Gasteiger partial charge in [-0.1, -0.05) is 66.7 Å². The van der Waals surface area contributed by atoms with Gasteiger partial charge in [-0.25, -0.2) is 4.79 Å². The van der Waals surface area contributed by atoms with E-state index in [0.29, 0.717) is 11.1 Å². The van der Waals surface area contributed by atoms with Crippen molar-refractivity contribution in [2.45, 2.75) is 6.92 Å². The van der Waals surface area contributed by atoms with Crippen LogP contribution in [0.1, 0.15) is 5.56 Å². The van der Waals surface area contributed by atoms with Crippen molar-refractivity contribution in [2.75, 3.05) is 0 Å². The summed E-state index contributed by atoms with van der Waals surface area (Å²) in [6.07, 6.45) is 0. The molecule has 0 N–H and O–H groups in total. The molecule has 0 aliphatic heterocycles. The van der Waals surface area contributed by atoms with E-state index in [0.717, 1.165) is 27.3 Å². The zero-order valence-corrected chi connectivity index (χ0v) is 12.2. The maximum Gasteiger partial charge on any atom is 0.344 e. The fourth-order valence-electron chi connectivity index (χ4n) is 3.02. The van der Waals surface area contributed by atoms with Gasteiger partial charge in [-0.3, -0.25) is 0 Å². The molecule has 2 heteroatoms. The summed E-state index contributed by atoms with van der Waals surface area (Å²) in [5.74, 6) is 0. The van der Waals surface area contributed by atoms with E-state index in [1.807, 2.05) is 67.6 Å². The Morgan fingerprint density at radius 2 is 1.50 bits per heavy atom. The maximum absolute atomic E-state index is 12.5. The van der Waals surface area contributed by atoms with Gasteiger partial charge in [-0.05, 0) is 23.4 Å². The molecule has 0 unspecified atom stereocenters. The molecule has 0 aliphatic carbocycles. The van der Waals surface area contributed by atoms with Crippen LogP contribution in [0.5, 0.6) is 0 Å². The Morgan fingerprint density at radius 3 is 2.32 bits per heavy atom. The third kappa shape index (κ3) is 1.85. The fourth-order valence-corrected chi connectivity index (χ4v) is 3.02. The number of hydrogen-bond acceptors (Lipinski definition) is 2. The van der Waals surface area contributed by atoms with Crippen LogP contribution in [0.3, 0.4) is 0 Å². The van der Waals surface area contributed by atoms with Crippen LogP contribution in [-0.2, 0) is 0 Å². The molecule has 0 saturated heterocycles. The van der Waals surface area contributed by atoms with Crippen LogP contribution in [0.25, 0.3) is 32.9 Å². The van der Waals surface area contributed by atoms with Crippen molar-refractivity contribution >= 4 is 21.7 Å². The van der Waals surface area contributed by atoms with Crippen LogP contribution in [0.2, 0.25) is 0 Å². The predicted molar refractivity (Wildman–Crippen MR) is 90.2 cm³/mol. The van der Waals surface area contributed by atoms with Crippen molar-refractivity contribution in [3.63, 3.8) is 0 Å². The summed E-state index contributed by atoms with van der Waals surface area (Å²) < 4.78 is 5.69. The second-order valence-electron chi connectivity index (χ2n) is 5.42. The van der Waals surface area contributed by atoms with Crippen molar-refractivity contribution < 1.29 is 4.42 Å². The van der Waals surface area contributed by atoms with Gasteiger partial charge in [0.25, 0.3) is 0 Å². The number of rotatable bonds is 1. The number of hydrogen-bond donors (Lipinski definition) is 0. The molecule has 4 aromatic rings. The van der Waals surface area contributed by atoms with Gasteiger partial charge in [0.15, 0.2) is 0 Å². The first-order valence-corrected chi connectivity index (χ1v) is 7.26. The van der Waals surface area contributed by atoms with E-state index in [-0.39, 0.29) is 5.63 Å². The summed E-state index contributed by atoms with van der Waals surface area (Å²) in [6.45, 7) is 1.98. The smallest absolute Gasteiger partial charge is 0.344 e. The van der Waals surface area contributed by atoms with Crippen LogP contribution >= 0.6 is 0 Å². The molecule has 0 bridgehead atoms. The van der Waals surface area contributed by atoms with Gasteiger partial charge in [0.1, 0.15) is 5.58 Å². The Bertz CT molecular complexity index is 1040. The highest BCUT2D eigenvalue weighted by molar-refractivity contribution is 6.06. The number of fused-ring (bicyclic) bond motifs is 3. The number of aryl methyl sites for hydroxylation is 1. The van der Waals surface area contributed by atoms with E-state index in [4.69, 9.17) is 4.42 Å². The molecule has 0 saturated carbocycles. The molecule has 0 aliphatic rings. The van der Waals surface area contributed by atoms with Gasteiger partial charge in [0.2, 0.25) is 0 Å². The minimum atomic E-state index is -0.285. The first kappa shape index (κ1) is 12.8. The highest BCUT2D eigenvalue weighted by atomic mass is 16.4. The largest absolute Gasteiger partial charge is 0.422 e. The van der Waals surface area contributed by atoms with Gasteiger partial charge >= 0.3 is 5.63 Å². The Morgan fingerprint density at radius 1 is 0.773 bits per heavy atom. The lowest BCUT2D eigenvalue weighted by molar-refractivity contribution is 0.565. The summed E-state index contributed by atoms with van der Waals surface area (Å²) in [5.41, 5.74) is 2.88. The molecule has 1 aromatic heterocycles. The van der Waals surface area contributed by atoms with Crippen molar-refractivity contribution in [1.29, 1.82) is 0 Å². The summed E-state index contributed by atoms with van der Waals surface area (Å²) in [4.78, 5) is 12.5. The third-order valence-corrected chi connectivity index (χ3v) is 4.12. The maximum atomic E-state index is 12.5. The van der Waals surface area contributed by atoms with Crippen LogP contribution in [0.15, 0.2) is 75.9 Å². The first-order chi connectivity index (χ1) is 10.8. The Hall–Kier alpha value is -2.87. The molecule has 0 radical (unpaired) electrons. The minimum Gasteiger partial charge on any atom is -0.422 e. The lowest BCUT2D eigenvalue weighted by Crippen LogP contribution is -2.06. The van der Waals surface area contributed by atoms with E-state index in [1.54, 1.807) is 0 Å². The normalized spacial score (nSPS) is 11.1. The molecule has 0 atom stereocenters. The molecular weight excluding hydrogens is 272 g/mol. The van der Waals surface area contributed by atoms with Gasteiger partial charge in [-0.2, -0.15) is 0 Å². The van der Waals surface area contributed by atoms with Crippen molar-refractivity contribution in [3.05, 3.63) is 82.7 Å². The molecule has 1 heterocycles. The van der Waals surface area contributed by atoms with Crippen LogP contribution in [-0.4, -0.2) is 0 Å². The van der Waals surface area contributed by atoms with E-state index in [2.05, 4.69) is 6.07 Å². The van der Waals surface area contributed by atoms with Crippen LogP contribution < -0.4 is 5.63 Å². The molecule has 106 valence electrons. The zero-order valence-electron chi connectivity index (χ0n) is 12.2. The van der Waals surface area contributed by atoms with Crippen molar-refractivity contribution in [2.24, 2.45) is 0 Å². The minimum absolute atomic E-state index is 0.285. The molecule has 0 amide bonds. The average molecular weight is 286 g/mol.